The smallest absolute Gasteiger partial charge is 0.222 e. The highest BCUT2D eigenvalue weighted by molar-refractivity contribution is 7.12. The zero-order chi connectivity index (χ0) is 12.4. The molecule has 1 amide bonds. The predicted molar refractivity (Wildman–Crippen MR) is 71.0 cm³/mol. The topological polar surface area (TPSA) is 46.3 Å². The zero-order valence-corrected chi connectivity index (χ0v) is 11.3. The third-order valence-corrected chi connectivity index (χ3v) is 4.77. The van der Waals surface area contributed by atoms with E-state index >= 15 is 0 Å². The van der Waals surface area contributed by atoms with Crippen molar-refractivity contribution >= 4 is 17.2 Å². The number of aryl methyl sites for hydroxylation is 1. The number of amides is 1. The number of carbonyl (C=O) groups is 1. The van der Waals surface area contributed by atoms with Crippen LogP contribution < -0.4 is 5.73 Å². The van der Waals surface area contributed by atoms with Crippen LogP contribution in [0, 0.1) is 0 Å². The first-order chi connectivity index (χ1) is 8.13. The Hall–Kier alpha value is -0.870. The monoisotopic (exact) mass is 252 g/mol. The van der Waals surface area contributed by atoms with Crippen molar-refractivity contribution in [3.05, 3.63) is 21.9 Å². The maximum atomic E-state index is 11.9. The molecule has 4 heteroatoms. The molecule has 0 aliphatic carbocycles. The van der Waals surface area contributed by atoms with Crippen molar-refractivity contribution < 1.29 is 4.79 Å². The lowest BCUT2D eigenvalue weighted by molar-refractivity contribution is -0.131. The normalized spacial score (nSPS) is 26.1. The molecule has 0 bridgehead atoms. The first-order valence-electron chi connectivity index (χ1n) is 6.23. The van der Waals surface area contributed by atoms with Crippen LogP contribution in [0.1, 0.15) is 42.0 Å². The van der Waals surface area contributed by atoms with Crippen LogP contribution in [0.25, 0.3) is 0 Å². The molecule has 2 heterocycles. The Bertz CT molecular complexity index is 402. The van der Waals surface area contributed by atoms with E-state index in [1.54, 1.807) is 11.3 Å². The second-order valence-electron chi connectivity index (χ2n) is 4.66. The first kappa shape index (κ1) is 12.6. The molecule has 2 atom stereocenters. The number of hydrogen-bond donors (Lipinski definition) is 1. The van der Waals surface area contributed by atoms with Gasteiger partial charge < -0.3 is 10.6 Å². The van der Waals surface area contributed by atoms with Gasteiger partial charge in [-0.2, -0.15) is 0 Å². The fourth-order valence-electron chi connectivity index (χ4n) is 2.41. The molecular formula is C13H20N2OS. The molecular weight excluding hydrogens is 232 g/mol. The number of likely N-dealkylation sites (tertiary alicyclic amines) is 1. The van der Waals surface area contributed by atoms with Crippen LogP contribution in [0.2, 0.25) is 0 Å². The lowest BCUT2D eigenvalue weighted by atomic mass is 10.0. The molecule has 1 aliphatic heterocycles. The summed E-state index contributed by atoms with van der Waals surface area (Å²) in [6.07, 6.45) is 3.52. The van der Waals surface area contributed by atoms with Gasteiger partial charge in [0.2, 0.25) is 5.91 Å². The van der Waals surface area contributed by atoms with E-state index in [1.807, 2.05) is 11.9 Å². The highest BCUT2D eigenvalue weighted by Crippen LogP contribution is 2.33. The molecule has 2 unspecified atom stereocenters. The van der Waals surface area contributed by atoms with E-state index in [2.05, 4.69) is 19.1 Å². The van der Waals surface area contributed by atoms with Gasteiger partial charge in [0, 0.05) is 29.3 Å². The van der Waals surface area contributed by atoms with Crippen LogP contribution in [-0.4, -0.2) is 23.9 Å². The molecule has 1 aromatic heterocycles. The highest BCUT2D eigenvalue weighted by atomic mass is 32.1. The van der Waals surface area contributed by atoms with Crippen molar-refractivity contribution in [2.75, 3.05) is 7.05 Å². The number of nitrogens with zero attached hydrogens (tertiary/aromatic N) is 1. The molecule has 0 aromatic carbocycles. The highest BCUT2D eigenvalue weighted by Gasteiger charge is 2.31. The van der Waals surface area contributed by atoms with Crippen molar-refractivity contribution in [1.82, 2.24) is 4.90 Å². The van der Waals surface area contributed by atoms with Crippen molar-refractivity contribution in [2.24, 2.45) is 5.73 Å². The Labute approximate surface area is 107 Å². The average molecular weight is 252 g/mol. The van der Waals surface area contributed by atoms with Crippen molar-refractivity contribution in [3.8, 4) is 0 Å². The summed E-state index contributed by atoms with van der Waals surface area (Å²) in [5.74, 6) is 0.217. The largest absolute Gasteiger partial charge is 0.336 e. The van der Waals surface area contributed by atoms with Crippen LogP contribution in [0.4, 0.5) is 0 Å². The summed E-state index contributed by atoms with van der Waals surface area (Å²) in [6, 6.07) is 4.41. The van der Waals surface area contributed by atoms with E-state index in [1.165, 1.54) is 9.75 Å². The second-order valence-corrected chi connectivity index (χ2v) is 5.86. The van der Waals surface area contributed by atoms with Gasteiger partial charge in [-0.15, -0.1) is 11.3 Å². The average Bonchev–Trinajstić information content (AvgIpc) is 2.73. The van der Waals surface area contributed by atoms with Crippen molar-refractivity contribution in [2.45, 2.75) is 44.7 Å². The van der Waals surface area contributed by atoms with Gasteiger partial charge in [0.15, 0.2) is 0 Å². The zero-order valence-electron chi connectivity index (χ0n) is 10.5. The van der Waals surface area contributed by atoms with Gasteiger partial charge >= 0.3 is 0 Å². The second kappa shape index (κ2) is 5.19. The summed E-state index contributed by atoms with van der Waals surface area (Å²) in [5, 5.41) is 0. The summed E-state index contributed by atoms with van der Waals surface area (Å²) in [5.41, 5.74) is 6.23. The molecule has 94 valence electrons. The molecule has 0 saturated carbocycles. The molecule has 0 spiro atoms. The maximum Gasteiger partial charge on any atom is 0.222 e. The van der Waals surface area contributed by atoms with E-state index in [4.69, 9.17) is 5.73 Å². The summed E-state index contributed by atoms with van der Waals surface area (Å²) in [7, 11) is 1.88. The summed E-state index contributed by atoms with van der Waals surface area (Å²) >= 11 is 1.78. The van der Waals surface area contributed by atoms with E-state index in [9.17, 15) is 4.79 Å². The number of hydrogen-bond acceptors (Lipinski definition) is 3. The summed E-state index contributed by atoms with van der Waals surface area (Å²) in [4.78, 5) is 16.3. The minimum absolute atomic E-state index is 0.0646. The van der Waals surface area contributed by atoms with Crippen LogP contribution in [0.5, 0.6) is 0 Å². The van der Waals surface area contributed by atoms with E-state index in [-0.39, 0.29) is 18.0 Å². The molecule has 2 rings (SSSR count). The van der Waals surface area contributed by atoms with Crippen LogP contribution in [0.3, 0.4) is 0 Å². The minimum Gasteiger partial charge on any atom is -0.336 e. The fraction of sp³-hybridized carbons (Fsp3) is 0.615. The molecule has 17 heavy (non-hydrogen) atoms. The van der Waals surface area contributed by atoms with E-state index in [0.29, 0.717) is 6.42 Å². The third kappa shape index (κ3) is 2.53. The molecule has 1 aliphatic rings. The van der Waals surface area contributed by atoms with Crippen LogP contribution in [-0.2, 0) is 11.2 Å². The van der Waals surface area contributed by atoms with E-state index in [0.717, 1.165) is 19.3 Å². The number of likely N-dealkylation sites (N-methyl/N-ethyl adjacent to an activating group) is 1. The van der Waals surface area contributed by atoms with Crippen molar-refractivity contribution in [3.63, 3.8) is 0 Å². The minimum atomic E-state index is 0.0646. The molecule has 3 nitrogen and oxygen atoms in total. The molecule has 1 saturated heterocycles. The van der Waals surface area contributed by atoms with Gasteiger partial charge in [0.25, 0.3) is 0 Å². The number of carbonyl (C=O) groups excluding carboxylic acids is 1. The van der Waals surface area contributed by atoms with Crippen LogP contribution >= 0.6 is 11.3 Å². The maximum absolute atomic E-state index is 11.9. The van der Waals surface area contributed by atoms with Gasteiger partial charge in [-0.25, -0.2) is 0 Å². The Morgan fingerprint density at radius 3 is 2.94 bits per heavy atom. The van der Waals surface area contributed by atoms with Crippen molar-refractivity contribution in [1.29, 1.82) is 0 Å². The summed E-state index contributed by atoms with van der Waals surface area (Å²) in [6.45, 7) is 2.15. The summed E-state index contributed by atoms with van der Waals surface area (Å²) < 4.78 is 0. The Morgan fingerprint density at radius 2 is 2.29 bits per heavy atom. The van der Waals surface area contributed by atoms with Gasteiger partial charge in [-0.3, -0.25) is 4.79 Å². The Balaban J connectivity index is 2.28. The lowest BCUT2D eigenvalue weighted by Gasteiger charge is -2.29. The number of rotatable bonds is 2. The van der Waals surface area contributed by atoms with Gasteiger partial charge in [0.1, 0.15) is 0 Å². The molecule has 1 fully saturated rings. The Kier molecular flexibility index (Phi) is 3.84. The molecule has 2 N–H and O–H groups in total. The SMILES string of the molecule is CCc1ccc(C2C(N)CCCC(=O)N2C)s1. The fourth-order valence-corrected chi connectivity index (χ4v) is 3.58. The number of thiophene rings is 1. The predicted octanol–water partition coefficient (Wildman–Crippen LogP) is 2.32. The van der Waals surface area contributed by atoms with Crippen LogP contribution in [0.15, 0.2) is 12.1 Å². The first-order valence-corrected chi connectivity index (χ1v) is 7.05. The van der Waals surface area contributed by atoms with Gasteiger partial charge in [0.05, 0.1) is 6.04 Å². The van der Waals surface area contributed by atoms with Gasteiger partial charge in [-0.05, 0) is 31.4 Å². The third-order valence-electron chi connectivity index (χ3n) is 3.47. The molecule has 1 aromatic rings. The Morgan fingerprint density at radius 1 is 1.53 bits per heavy atom. The van der Waals surface area contributed by atoms with Gasteiger partial charge in [-0.1, -0.05) is 6.92 Å². The van der Waals surface area contributed by atoms with E-state index < -0.39 is 0 Å². The quantitative estimate of drug-likeness (QED) is 0.878. The molecule has 0 radical (unpaired) electrons. The lowest BCUT2D eigenvalue weighted by Crippen LogP contribution is -2.39. The standard InChI is InChI=1S/C13H20N2OS/c1-3-9-7-8-11(17-9)13-10(14)5-4-6-12(16)15(13)2/h7-8,10,13H,3-6,14H2,1-2H3. The number of nitrogens with two attached hydrogens (primary N) is 1.